The summed E-state index contributed by atoms with van der Waals surface area (Å²) >= 11 is 12.6. The van der Waals surface area contributed by atoms with E-state index in [0.717, 1.165) is 23.3 Å². The number of aromatic nitrogens is 4. The van der Waals surface area contributed by atoms with Gasteiger partial charge in [0.15, 0.2) is 0 Å². The van der Waals surface area contributed by atoms with Crippen molar-refractivity contribution in [3.8, 4) is 0 Å². The highest BCUT2D eigenvalue weighted by Crippen LogP contribution is 2.31. The van der Waals surface area contributed by atoms with E-state index in [1.54, 1.807) is 30.1 Å². The van der Waals surface area contributed by atoms with E-state index >= 15 is 0 Å². The number of fused-ring (bicyclic) bond motifs is 2. The van der Waals surface area contributed by atoms with Gasteiger partial charge in [-0.1, -0.05) is 23.2 Å². The van der Waals surface area contributed by atoms with Gasteiger partial charge in [-0.3, -0.25) is 9.59 Å². The Morgan fingerprint density at radius 3 is 2.80 bits per heavy atom. The number of likely N-dealkylation sites (tertiary alicyclic amines) is 1. The molecule has 2 aromatic heterocycles. The van der Waals surface area contributed by atoms with Crippen LogP contribution in [-0.2, 0) is 4.79 Å². The molecule has 0 saturated carbocycles. The van der Waals surface area contributed by atoms with Crippen LogP contribution in [0.15, 0.2) is 36.7 Å². The van der Waals surface area contributed by atoms with Crippen LogP contribution < -0.4 is 10.6 Å². The lowest BCUT2D eigenvalue weighted by molar-refractivity contribution is -0.124. The number of halogens is 2. The highest BCUT2D eigenvalue weighted by Gasteiger charge is 2.35. The van der Waals surface area contributed by atoms with Crippen molar-refractivity contribution in [2.24, 2.45) is 0 Å². The number of carbonyl (C=O) groups excluding carboxylic acids is 2. The Labute approximate surface area is 211 Å². The van der Waals surface area contributed by atoms with Gasteiger partial charge in [0.05, 0.1) is 33.2 Å². The fourth-order valence-electron chi connectivity index (χ4n) is 4.44. The lowest BCUT2D eigenvalue weighted by Crippen LogP contribution is -2.45. The molecule has 1 fully saturated rings. The number of H-pyrrole nitrogens is 1. The third kappa shape index (κ3) is 4.37. The van der Waals surface area contributed by atoms with Crippen LogP contribution >= 0.6 is 23.2 Å². The Bertz CT molecular complexity index is 1450. The average molecular weight is 512 g/mol. The maximum atomic E-state index is 13.3. The lowest BCUT2D eigenvalue weighted by Gasteiger charge is -2.24. The SMILES string of the molecule is CNC(=O)[C@@H]1CCCN1C(=O)c1cc2ncnc(N[C@@H](C)c3nc4cc(Cl)ccc4[nH]3)c2cc1Cl. The Kier molecular flexibility index (Phi) is 6.21. The van der Waals surface area contributed by atoms with E-state index in [9.17, 15) is 9.59 Å². The van der Waals surface area contributed by atoms with E-state index in [0.29, 0.717) is 40.3 Å². The van der Waals surface area contributed by atoms with Crippen LogP contribution in [0.2, 0.25) is 10.0 Å². The van der Waals surface area contributed by atoms with Gasteiger partial charge in [0.25, 0.3) is 5.91 Å². The monoisotopic (exact) mass is 511 g/mol. The molecule has 2 aromatic carbocycles. The number of aromatic amines is 1. The molecule has 2 amide bonds. The van der Waals surface area contributed by atoms with Gasteiger partial charge in [-0.15, -0.1) is 0 Å². The van der Waals surface area contributed by atoms with Crippen molar-refractivity contribution < 1.29 is 9.59 Å². The van der Waals surface area contributed by atoms with Gasteiger partial charge in [0, 0.05) is 24.0 Å². The number of hydrogen-bond acceptors (Lipinski definition) is 6. The van der Waals surface area contributed by atoms with Gasteiger partial charge < -0.3 is 20.5 Å². The summed E-state index contributed by atoms with van der Waals surface area (Å²) in [5, 5.41) is 7.54. The molecule has 0 spiro atoms. The number of likely N-dealkylation sites (N-methyl/N-ethyl adjacent to an activating group) is 1. The summed E-state index contributed by atoms with van der Waals surface area (Å²) < 4.78 is 0. The van der Waals surface area contributed by atoms with Crippen LogP contribution in [-0.4, -0.2) is 56.3 Å². The summed E-state index contributed by atoms with van der Waals surface area (Å²) in [5.74, 6) is 0.821. The quantitative estimate of drug-likeness (QED) is 0.367. The predicted molar refractivity (Wildman–Crippen MR) is 136 cm³/mol. The zero-order chi connectivity index (χ0) is 24.7. The number of carbonyl (C=O) groups is 2. The Balaban J connectivity index is 1.44. The van der Waals surface area contributed by atoms with E-state index in [4.69, 9.17) is 23.2 Å². The van der Waals surface area contributed by atoms with Crippen molar-refractivity contribution >= 4 is 62.8 Å². The standard InChI is InChI=1S/C24H23Cl2N7O2/c1-12(21-31-17-6-5-13(25)8-19(17)32-21)30-22-15-9-16(26)14(10-18(15)28-11-29-22)24(35)33-7-3-4-20(33)23(34)27-2/h5-6,8-12,20H,3-4,7H2,1-2H3,(H,27,34)(H,31,32)(H,28,29,30)/t12-,20-/m0/s1. The molecule has 9 nitrogen and oxygen atoms in total. The first kappa shape index (κ1) is 23.3. The van der Waals surface area contributed by atoms with E-state index in [1.807, 2.05) is 19.1 Å². The van der Waals surface area contributed by atoms with Crippen molar-refractivity contribution in [3.63, 3.8) is 0 Å². The van der Waals surface area contributed by atoms with Crippen molar-refractivity contribution in [1.82, 2.24) is 30.2 Å². The van der Waals surface area contributed by atoms with Crippen LogP contribution in [0, 0.1) is 0 Å². The van der Waals surface area contributed by atoms with Crippen LogP contribution in [0.5, 0.6) is 0 Å². The fourth-order valence-corrected chi connectivity index (χ4v) is 4.85. The average Bonchev–Trinajstić information content (AvgIpc) is 3.50. The highest BCUT2D eigenvalue weighted by atomic mass is 35.5. The minimum atomic E-state index is -0.499. The molecule has 1 saturated heterocycles. The maximum Gasteiger partial charge on any atom is 0.256 e. The summed E-state index contributed by atoms with van der Waals surface area (Å²) in [6.07, 6.45) is 2.82. The van der Waals surface area contributed by atoms with Gasteiger partial charge in [0.2, 0.25) is 5.91 Å². The zero-order valence-corrected chi connectivity index (χ0v) is 20.6. The fraction of sp³-hybridized carbons (Fsp3) is 0.292. The van der Waals surface area contributed by atoms with Crippen LogP contribution in [0.25, 0.3) is 21.9 Å². The molecular weight excluding hydrogens is 489 g/mol. The number of hydrogen-bond donors (Lipinski definition) is 3. The van der Waals surface area contributed by atoms with Gasteiger partial charge >= 0.3 is 0 Å². The van der Waals surface area contributed by atoms with Crippen molar-refractivity contribution in [2.45, 2.75) is 31.8 Å². The normalized spacial score (nSPS) is 16.6. The van der Waals surface area contributed by atoms with Gasteiger partial charge in [-0.05, 0) is 50.1 Å². The predicted octanol–water partition coefficient (Wildman–Crippen LogP) is 4.34. The molecule has 4 aromatic rings. The molecule has 0 unspecified atom stereocenters. The Morgan fingerprint density at radius 2 is 2.00 bits per heavy atom. The summed E-state index contributed by atoms with van der Waals surface area (Å²) in [7, 11) is 1.57. The van der Waals surface area contributed by atoms with Gasteiger partial charge in [0.1, 0.15) is 24.0 Å². The second kappa shape index (κ2) is 9.31. The first-order chi connectivity index (χ1) is 16.9. The molecule has 35 heavy (non-hydrogen) atoms. The topological polar surface area (TPSA) is 116 Å². The molecule has 1 aliphatic rings. The molecule has 0 aliphatic carbocycles. The molecule has 5 rings (SSSR count). The number of benzene rings is 2. The van der Waals surface area contributed by atoms with Crippen molar-refractivity contribution in [2.75, 3.05) is 18.9 Å². The second-order valence-corrected chi connectivity index (χ2v) is 9.34. The second-order valence-electron chi connectivity index (χ2n) is 8.49. The van der Waals surface area contributed by atoms with Crippen molar-refractivity contribution in [1.29, 1.82) is 0 Å². The molecule has 0 bridgehead atoms. The Morgan fingerprint density at radius 1 is 1.17 bits per heavy atom. The van der Waals surface area contributed by atoms with Gasteiger partial charge in [-0.2, -0.15) is 0 Å². The lowest BCUT2D eigenvalue weighted by atomic mass is 10.1. The number of nitrogens with zero attached hydrogens (tertiary/aromatic N) is 4. The molecule has 180 valence electrons. The van der Waals surface area contributed by atoms with Crippen LogP contribution in [0.3, 0.4) is 0 Å². The number of nitrogens with one attached hydrogen (secondary N) is 3. The number of anilines is 1. The first-order valence-electron chi connectivity index (χ1n) is 11.2. The summed E-state index contributed by atoms with van der Waals surface area (Å²) in [5.41, 5.74) is 2.53. The summed E-state index contributed by atoms with van der Waals surface area (Å²) in [6, 6.07) is 8.12. The van der Waals surface area contributed by atoms with Crippen LogP contribution in [0.1, 0.15) is 42.0 Å². The third-order valence-electron chi connectivity index (χ3n) is 6.24. The van der Waals surface area contributed by atoms with E-state index in [2.05, 4.69) is 30.6 Å². The summed E-state index contributed by atoms with van der Waals surface area (Å²) in [4.78, 5) is 43.7. The smallest absolute Gasteiger partial charge is 0.256 e. The molecular formula is C24H23Cl2N7O2. The van der Waals surface area contributed by atoms with Crippen molar-refractivity contribution in [3.05, 3.63) is 58.1 Å². The molecule has 0 radical (unpaired) electrons. The van der Waals surface area contributed by atoms with E-state index < -0.39 is 6.04 Å². The van der Waals surface area contributed by atoms with E-state index in [-0.39, 0.29) is 22.9 Å². The largest absolute Gasteiger partial charge is 0.360 e. The molecule has 11 heteroatoms. The molecule has 1 aliphatic heterocycles. The molecule has 3 heterocycles. The Hall–Kier alpha value is -3.43. The molecule has 3 N–H and O–H groups in total. The third-order valence-corrected chi connectivity index (χ3v) is 6.79. The minimum Gasteiger partial charge on any atom is -0.360 e. The summed E-state index contributed by atoms with van der Waals surface area (Å²) in [6.45, 7) is 2.46. The zero-order valence-electron chi connectivity index (χ0n) is 19.1. The van der Waals surface area contributed by atoms with Gasteiger partial charge in [-0.25, -0.2) is 15.0 Å². The minimum absolute atomic E-state index is 0.177. The maximum absolute atomic E-state index is 13.3. The van der Waals surface area contributed by atoms with E-state index in [1.165, 1.54) is 6.33 Å². The number of rotatable bonds is 5. The first-order valence-corrected chi connectivity index (χ1v) is 12.0. The highest BCUT2D eigenvalue weighted by molar-refractivity contribution is 6.35. The number of amides is 2. The number of imidazole rings is 1. The molecule has 2 atom stereocenters. The van der Waals surface area contributed by atoms with Crippen LogP contribution in [0.4, 0.5) is 5.82 Å².